The summed E-state index contributed by atoms with van der Waals surface area (Å²) in [4.78, 5) is 8.68. The van der Waals surface area contributed by atoms with Crippen molar-refractivity contribution in [3.05, 3.63) is 134 Å². The Morgan fingerprint density at radius 3 is 1.76 bits per heavy atom. The quantitative estimate of drug-likeness (QED) is 0.151. The Morgan fingerprint density at radius 1 is 0.485 bits per heavy atom. The predicted molar refractivity (Wildman–Crippen MR) is 294 cm³/mol. The molecule has 68 heavy (non-hydrogen) atoms. The minimum absolute atomic E-state index is 0.0762. The lowest BCUT2D eigenvalue weighted by Crippen LogP contribution is -2.53. The standard InChI is InChI=1S/C64H71BN2S/c1-58(2)24-25-59(3,4)45-32-41(22-23-44(45)58)66-51-30-40-31-52-56(51)65(37-54-57(66)43-33-55-62(9,10)28-29-63(11,12)64(55,13)36-53(43)68-54)48-34-46-47(61(7,8)27-26-60(46,5)6)35-50(48)67(52)49-17-15-14-16-42(49)39-20-18-38(40)19-21-39/h14-23,30-35H,24-29,36-37H2,1-13H3. The molecule has 0 amide bonds. The van der Waals surface area contributed by atoms with Gasteiger partial charge in [-0.15, -0.1) is 11.3 Å². The summed E-state index contributed by atoms with van der Waals surface area (Å²) in [6, 6.07) is 37.1. The summed E-state index contributed by atoms with van der Waals surface area (Å²) in [5.74, 6) is 0. The van der Waals surface area contributed by atoms with Crippen LogP contribution in [-0.4, -0.2) is 6.71 Å². The van der Waals surface area contributed by atoms with Crippen LogP contribution in [0.1, 0.15) is 166 Å². The van der Waals surface area contributed by atoms with E-state index in [1.807, 2.05) is 0 Å². The number of hydrogen-bond acceptors (Lipinski definition) is 3. The normalized spacial score (nSPS) is 24.0. The molecule has 1 fully saturated rings. The largest absolute Gasteiger partial charge is 0.311 e. The van der Waals surface area contributed by atoms with Crippen molar-refractivity contribution in [1.29, 1.82) is 0 Å². The number of thiophene rings is 1. The molecule has 0 N–H and O–H groups in total. The first-order chi connectivity index (χ1) is 32.0. The van der Waals surface area contributed by atoms with Gasteiger partial charge in [0.05, 0.1) is 11.4 Å². The van der Waals surface area contributed by atoms with E-state index in [0.717, 1.165) is 12.7 Å². The fourth-order valence-corrected chi connectivity index (χ4v) is 16.4. The maximum absolute atomic E-state index is 2.83. The molecule has 4 aliphatic heterocycles. The number of benzene rings is 5. The smallest absolute Gasteiger partial charge is 0.222 e. The first-order valence-corrected chi connectivity index (χ1v) is 27.0. The molecular weight excluding hydrogens is 840 g/mol. The van der Waals surface area contributed by atoms with Crippen molar-refractivity contribution >= 4 is 69.2 Å². The monoisotopic (exact) mass is 911 g/mol. The lowest BCUT2D eigenvalue weighted by molar-refractivity contribution is 0.0408. The molecule has 1 unspecified atom stereocenters. The van der Waals surface area contributed by atoms with Crippen molar-refractivity contribution in [3.8, 4) is 22.3 Å². The molecule has 1 saturated carbocycles. The highest BCUT2D eigenvalue weighted by atomic mass is 32.1. The highest BCUT2D eigenvalue weighted by Gasteiger charge is 2.55. The number of para-hydroxylation sites is 1. The summed E-state index contributed by atoms with van der Waals surface area (Å²) < 4.78 is 0. The zero-order valence-electron chi connectivity index (χ0n) is 43.3. The topological polar surface area (TPSA) is 6.48 Å². The molecule has 4 heteroatoms. The van der Waals surface area contributed by atoms with Crippen molar-refractivity contribution in [2.24, 2.45) is 16.2 Å². The number of hydrogen-bond donors (Lipinski definition) is 0. The molecule has 5 aromatic carbocycles. The molecule has 14 rings (SSSR count). The molecule has 5 heterocycles. The maximum Gasteiger partial charge on any atom is 0.222 e. The van der Waals surface area contributed by atoms with Gasteiger partial charge < -0.3 is 9.80 Å². The Kier molecular flexibility index (Phi) is 8.61. The van der Waals surface area contributed by atoms with Gasteiger partial charge in [-0.3, -0.25) is 0 Å². The second kappa shape index (κ2) is 13.5. The molecule has 0 saturated heterocycles. The van der Waals surface area contributed by atoms with Crippen molar-refractivity contribution in [3.63, 3.8) is 0 Å². The summed E-state index contributed by atoms with van der Waals surface area (Å²) in [6.07, 6.45) is 12.1. The van der Waals surface area contributed by atoms with Crippen molar-refractivity contribution in [2.45, 2.75) is 163 Å². The van der Waals surface area contributed by atoms with E-state index in [9.17, 15) is 0 Å². The first kappa shape index (κ1) is 43.2. The van der Waals surface area contributed by atoms with Gasteiger partial charge in [0.15, 0.2) is 0 Å². The molecule has 1 aromatic heterocycles. The zero-order valence-corrected chi connectivity index (χ0v) is 44.1. The molecule has 0 radical (unpaired) electrons. The Morgan fingerprint density at radius 2 is 1.07 bits per heavy atom. The van der Waals surface area contributed by atoms with Gasteiger partial charge in [-0.2, -0.15) is 0 Å². The van der Waals surface area contributed by atoms with Crippen molar-refractivity contribution in [2.75, 3.05) is 9.80 Å². The second-order valence-corrected chi connectivity index (χ2v) is 27.9. The molecule has 1 atom stereocenters. The maximum atomic E-state index is 2.83. The third-order valence-corrected chi connectivity index (χ3v) is 21.2. The third kappa shape index (κ3) is 5.76. The van der Waals surface area contributed by atoms with Crippen LogP contribution in [0.15, 0.2) is 96.6 Å². The highest BCUT2D eigenvalue weighted by Crippen LogP contribution is 2.66. The summed E-state index contributed by atoms with van der Waals surface area (Å²) in [5.41, 5.74) is 26.2. The van der Waals surface area contributed by atoms with Gasteiger partial charge in [0.2, 0.25) is 6.71 Å². The number of nitrogens with zero attached hydrogens (tertiary/aromatic N) is 2. The lowest BCUT2D eigenvalue weighted by Gasteiger charge is -2.57. The van der Waals surface area contributed by atoms with Gasteiger partial charge in [-0.25, -0.2) is 0 Å². The van der Waals surface area contributed by atoms with Gasteiger partial charge in [0.1, 0.15) is 0 Å². The SMILES string of the molecule is CC1(C)CCC(C)(C)C2(C)Cc3sc4c(c3C=C12)N(c1ccc2c(c1)C(C)(C)CCC2(C)C)c1cc2cc3c1B(C4)c1cc4c(cc1N3c1ccccc1-c1ccc-2cc1)C(C)(C)CCC4(C)C. The molecular formula is C64H71BN2S. The van der Waals surface area contributed by atoms with Crippen molar-refractivity contribution < 1.29 is 0 Å². The van der Waals surface area contributed by atoms with Crippen LogP contribution >= 0.6 is 11.3 Å². The van der Waals surface area contributed by atoms with E-state index in [-0.39, 0.29) is 44.6 Å². The van der Waals surface area contributed by atoms with Crippen LogP contribution in [0, 0.1) is 16.2 Å². The van der Waals surface area contributed by atoms with Crippen LogP contribution in [0.4, 0.5) is 34.1 Å². The van der Waals surface area contributed by atoms with Crippen LogP contribution in [-0.2, 0) is 34.4 Å². The molecule has 4 aliphatic carbocycles. The molecule has 8 aliphatic rings. The van der Waals surface area contributed by atoms with Gasteiger partial charge in [-0.1, -0.05) is 156 Å². The lowest BCUT2D eigenvalue weighted by atomic mass is 9.36. The fourth-order valence-electron chi connectivity index (χ4n) is 14.9. The van der Waals surface area contributed by atoms with E-state index in [1.54, 1.807) is 20.9 Å². The first-order valence-electron chi connectivity index (χ1n) is 26.2. The van der Waals surface area contributed by atoms with E-state index < -0.39 is 0 Å². The molecule has 346 valence electrons. The molecule has 0 spiro atoms. The summed E-state index contributed by atoms with van der Waals surface area (Å²) >= 11 is 2.16. The summed E-state index contributed by atoms with van der Waals surface area (Å²) in [5, 5.41) is 0. The average molecular weight is 911 g/mol. The number of allylic oxidation sites excluding steroid dienone is 1. The minimum Gasteiger partial charge on any atom is -0.311 e. The van der Waals surface area contributed by atoms with E-state index in [4.69, 9.17) is 0 Å². The molecule has 6 aromatic rings. The van der Waals surface area contributed by atoms with Crippen LogP contribution in [0.25, 0.3) is 28.3 Å². The van der Waals surface area contributed by atoms with Gasteiger partial charge in [0, 0.05) is 43.6 Å². The third-order valence-electron chi connectivity index (χ3n) is 20.0. The van der Waals surface area contributed by atoms with Crippen LogP contribution in [0.5, 0.6) is 0 Å². The predicted octanol–water partition coefficient (Wildman–Crippen LogP) is 16.8. The summed E-state index contributed by atoms with van der Waals surface area (Å²) in [7, 11) is 0. The molecule has 4 bridgehead atoms. The van der Waals surface area contributed by atoms with Crippen molar-refractivity contribution in [1.82, 2.24) is 0 Å². The Labute approximate surface area is 412 Å². The van der Waals surface area contributed by atoms with Gasteiger partial charge in [0.25, 0.3) is 0 Å². The Bertz CT molecular complexity index is 3220. The number of anilines is 6. The van der Waals surface area contributed by atoms with E-state index in [0.29, 0.717) is 0 Å². The van der Waals surface area contributed by atoms with Gasteiger partial charge in [-0.05, 0) is 175 Å². The Balaban J connectivity index is 1.18. The van der Waals surface area contributed by atoms with Crippen LogP contribution < -0.4 is 20.7 Å². The van der Waals surface area contributed by atoms with Crippen LogP contribution in [0.2, 0.25) is 0 Å². The van der Waals surface area contributed by atoms with E-state index in [2.05, 4.69) is 208 Å². The Hall–Kier alpha value is -4.80. The van der Waals surface area contributed by atoms with Crippen LogP contribution in [0.3, 0.4) is 0 Å². The average Bonchev–Trinajstić information content (AvgIpc) is 3.55. The zero-order chi connectivity index (χ0) is 47.5. The number of rotatable bonds is 1. The highest BCUT2D eigenvalue weighted by molar-refractivity contribution is 7.13. The number of fused-ring (bicyclic) bond motifs is 10. The summed E-state index contributed by atoms with van der Waals surface area (Å²) in [6.45, 7) is 33.0. The molecule has 2 nitrogen and oxygen atoms in total. The van der Waals surface area contributed by atoms with E-state index in [1.165, 1.54) is 128 Å². The van der Waals surface area contributed by atoms with Gasteiger partial charge >= 0.3 is 0 Å². The minimum atomic E-state index is 0.0762. The van der Waals surface area contributed by atoms with E-state index >= 15 is 0 Å². The fraction of sp³-hybridized carbons (Fsp3) is 0.438. The second-order valence-electron chi connectivity index (χ2n) is 26.7.